The molecule has 4 rings (SSSR count). The molecule has 0 saturated carbocycles. The molecule has 1 aromatic heterocycles. The lowest BCUT2D eigenvalue weighted by Gasteiger charge is -2.12. The molecular weight excluding hydrogens is 430 g/mol. The molecule has 7 nitrogen and oxygen atoms in total. The third-order valence-corrected chi connectivity index (χ3v) is 5.58. The molecule has 0 aliphatic heterocycles. The van der Waals surface area contributed by atoms with Crippen LogP contribution in [-0.4, -0.2) is 28.8 Å². The normalized spacial score (nSPS) is 10.8. The Morgan fingerprint density at radius 1 is 1.09 bits per heavy atom. The molecule has 1 N–H and O–H groups in total. The summed E-state index contributed by atoms with van der Waals surface area (Å²) < 4.78 is 13.1. The predicted octanol–water partition coefficient (Wildman–Crippen LogP) is 4.80. The Morgan fingerprint density at radius 2 is 1.91 bits per heavy atom. The predicted molar refractivity (Wildman–Crippen MR) is 132 cm³/mol. The highest BCUT2D eigenvalue weighted by atomic mass is 16.5. The van der Waals surface area contributed by atoms with Gasteiger partial charge in [-0.1, -0.05) is 30.3 Å². The molecule has 0 unspecified atom stereocenters. The van der Waals surface area contributed by atoms with Gasteiger partial charge in [-0.3, -0.25) is 14.3 Å². The van der Waals surface area contributed by atoms with Gasteiger partial charge in [0.05, 0.1) is 18.5 Å². The molecule has 0 bridgehead atoms. The highest BCUT2D eigenvalue weighted by molar-refractivity contribution is 5.88. The molecule has 0 atom stereocenters. The maximum atomic E-state index is 12.0. The minimum Gasteiger partial charge on any atom is -0.487 e. The van der Waals surface area contributed by atoms with Crippen LogP contribution >= 0.6 is 0 Å². The first-order valence-electron chi connectivity index (χ1n) is 11.1. The Bertz CT molecular complexity index is 1340. The smallest absolute Gasteiger partial charge is 0.310 e. The second kappa shape index (κ2) is 10.2. The van der Waals surface area contributed by atoms with Gasteiger partial charge in [0.15, 0.2) is 0 Å². The van der Waals surface area contributed by atoms with Crippen molar-refractivity contribution in [1.82, 2.24) is 9.78 Å². The number of nitrogens with one attached hydrogen (secondary N) is 1. The lowest BCUT2D eigenvalue weighted by molar-refractivity contribution is -0.142. The number of carbonyl (C=O) groups is 2. The van der Waals surface area contributed by atoms with E-state index in [-0.39, 0.29) is 19.0 Å². The molecule has 0 saturated heterocycles. The van der Waals surface area contributed by atoms with Crippen LogP contribution in [0.3, 0.4) is 0 Å². The lowest BCUT2D eigenvalue weighted by atomic mass is 10.0. The van der Waals surface area contributed by atoms with Crippen molar-refractivity contribution in [1.29, 1.82) is 0 Å². The summed E-state index contributed by atoms with van der Waals surface area (Å²) in [6.07, 6.45) is 0.822. The fourth-order valence-corrected chi connectivity index (χ4v) is 3.94. The molecule has 1 amide bonds. The third kappa shape index (κ3) is 5.09. The zero-order valence-corrected chi connectivity index (χ0v) is 19.5. The number of fused-ring (bicyclic) bond motifs is 1. The van der Waals surface area contributed by atoms with E-state index in [2.05, 4.69) is 16.5 Å². The number of anilines is 1. The minimum absolute atomic E-state index is 0.154. The number of esters is 1. The van der Waals surface area contributed by atoms with Crippen molar-refractivity contribution in [3.63, 3.8) is 0 Å². The maximum Gasteiger partial charge on any atom is 0.310 e. The van der Waals surface area contributed by atoms with Gasteiger partial charge >= 0.3 is 5.97 Å². The van der Waals surface area contributed by atoms with Gasteiger partial charge in [-0.25, -0.2) is 0 Å². The van der Waals surface area contributed by atoms with Crippen LogP contribution in [0, 0.1) is 6.92 Å². The number of amides is 1. The Balaban J connectivity index is 1.63. The van der Waals surface area contributed by atoms with Crippen LogP contribution in [0.1, 0.15) is 23.7 Å². The Morgan fingerprint density at radius 3 is 2.71 bits per heavy atom. The Kier molecular flexibility index (Phi) is 6.92. The molecular formula is C27H27N3O4. The summed E-state index contributed by atoms with van der Waals surface area (Å²) in [5.74, 6) is 0.367. The number of nitrogens with zero attached hydrogens (tertiary/aromatic N) is 2. The van der Waals surface area contributed by atoms with Crippen LogP contribution < -0.4 is 10.1 Å². The van der Waals surface area contributed by atoms with E-state index in [1.807, 2.05) is 73.3 Å². The number of ether oxygens (including phenoxy) is 2. The van der Waals surface area contributed by atoms with Gasteiger partial charge in [-0.2, -0.15) is 5.10 Å². The first-order valence-corrected chi connectivity index (χ1v) is 11.1. The summed E-state index contributed by atoms with van der Waals surface area (Å²) in [7, 11) is 1.90. The van der Waals surface area contributed by atoms with Crippen LogP contribution in [0.2, 0.25) is 0 Å². The number of aromatic nitrogens is 2. The zero-order chi connectivity index (χ0) is 24.1. The summed E-state index contributed by atoms with van der Waals surface area (Å²) in [6, 6.07) is 19.6. The second-order valence-electron chi connectivity index (χ2n) is 8.03. The number of aryl methyl sites for hydroxylation is 2. The number of benzene rings is 3. The average Bonchev–Trinajstić information content (AvgIpc) is 3.14. The molecule has 174 valence electrons. The topological polar surface area (TPSA) is 82.4 Å². The van der Waals surface area contributed by atoms with Crippen LogP contribution in [0.15, 0.2) is 60.7 Å². The monoisotopic (exact) mass is 457 g/mol. The summed E-state index contributed by atoms with van der Waals surface area (Å²) in [5, 5.41) is 8.34. The number of hydrogen-bond donors (Lipinski definition) is 1. The van der Waals surface area contributed by atoms with Gasteiger partial charge < -0.3 is 14.8 Å². The number of carbonyl (C=O) groups excluding carboxylic acids is 2. The van der Waals surface area contributed by atoms with E-state index in [4.69, 9.17) is 9.47 Å². The van der Waals surface area contributed by atoms with Crippen molar-refractivity contribution < 1.29 is 19.1 Å². The van der Waals surface area contributed by atoms with Crippen molar-refractivity contribution in [2.24, 2.45) is 7.05 Å². The van der Waals surface area contributed by atoms with Gasteiger partial charge in [0.2, 0.25) is 6.41 Å². The molecule has 4 aromatic rings. The van der Waals surface area contributed by atoms with Crippen LogP contribution in [0.25, 0.3) is 22.0 Å². The molecule has 34 heavy (non-hydrogen) atoms. The van der Waals surface area contributed by atoms with E-state index in [0.29, 0.717) is 18.8 Å². The number of hydrogen-bond acceptors (Lipinski definition) is 5. The molecule has 0 aliphatic carbocycles. The van der Waals surface area contributed by atoms with Crippen LogP contribution in [0.5, 0.6) is 5.75 Å². The van der Waals surface area contributed by atoms with Crippen molar-refractivity contribution in [3.8, 4) is 16.9 Å². The molecule has 0 aliphatic rings. The van der Waals surface area contributed by atoms with Gasteiger partial charge in [-0.05, 0) is 60.9 Å². The summed E-state index contributed by atoms with van der Waals surface area (Å²) in [6.45, 7) is 4.38. The minimum atomic E-state index is -0.282. The standard InChI is InChI=1S/C27H27N3O4/c1-4-33-27(32)15-21-9-8-18(2)12-26(21)34-16-24-23-14-20(10-11-25(23)30(3)29-24)19-6-5-7-22(13-19)28-17-31/h5-14,17H,4,15-16H2,1-3H3,(H,28,31). The SMILES string of the molecule is CCOC(=O)Cc1ccc(C)cc1OCc1nn(C)c2ccc(-c3cccc(NC=O)c3)cc12. The van der Waals surface area contributed by atoms with Crippen molar-refractivity contribution >= 4 is 29.0 Å². The van der Waals surface area contributed by atoms with Gasteiger partial charge in [0, 0.05) is 23.7 Å². The van der Waals surface area contributed by atoms with Crippen molar-refractivity contribution in [3.05, 3.63) is 77.5 Å². The van der Waals surface area contributed by atoms with E-state index in [1.165, 1.54) is 0 Å². The molecule has 0 spiro atoms. The van der Waals surface area contributed by atoms with E-state index in [9.17, 15) is 9.59 Å². The third-order valence-electron chi connectivity index (χ3n) is 5.58. The first kappa shape index (κ1) is 23.0. The molecule has 0 radical (unpaired) electrons. The zero-order valence-electron chi connectivity index (χ0n) is 19.5. The number of rotatable bonds is 9. The van der Waals surface area contributed by atoms with E-state index in [0.717, 1.165) is 44.5 Å². The van der Waals surface area contributed by atoms with Crippen molar-refractivity contribution in [2.45, 2.75) is 26.9 Å². The largest absolute Gasteiger partial charge is 0.487 e. The highest BCUT2D eigenvalue weighted by Crippen LogP contribution is 2.29. The average molecular weight is 458 g/mol. The summed E-state index contributed by atoms with van der Waals surface area (Å²) in [5.41, 5.74) is 6.33. The van der Waals surface area contributed by atoms with E-state index < -0.39 is 0 Å². The highest BCUT2D eigenvalue weighted by Gasteiger charge is 2.14. The second-order valence-corrected chi connectivity index (χ2v) is 8.03. The summed E-state index contributed by atoms with van der Waals surface area (Å²) in [4.78, 5) is 22.8. The quantitative estimate of drug-likeness (QED) is 0.288. The lowest BCUT2D eigenvalue weighted by Crippen LogP contribution is -2.09. The van der Waals surface area contributed by atoms with Crippen LogP contribution in [0.4, 0.5) is 5.69 Å². The van der Waals surface area contributed by atoms with Gasteiger partial charge in [-0.15, -0.1) is 0 Å². The fourth-order valence-electron chi connectivity index (χ4n) is 3.94. The molecule has 7 heteroatoms. The fraction of sp³-hybridized carbons (Fsp3) is 0.222. The Labute approximate surface area is 198 Å². The maximum absolute atomic E-state index is 12.0. The molecule has 1 heterocycles. The van der Waals surface area contributed by atoms with Crippen LogP contribution in [-0.2, 0) is 34.4 Å². The van der Waals surface area contributed by atoms with Gasteiger partial charge in [0.25, 0.3) is 0 Å². The Hall–Kier alpha value is -4.13. The molecule has 0 fully saturated rings. The molecule has 3 aromatic carbocycles. The van der Waals surface area contributed by atoms with E-state index >= 15 is 0 Å². The summed E-state index contributed by atoms with van der Waals surface area (Å²) >= 11 is 0. The first-order chi connectivity index (χ1) is 16.5. The van der Waals surface area contributed by atoms with Crippen molar-refractivity contribution in [2.75, 3.05) is 11.9 Å². The van der Waals surface area contributed by atoms with Gasteiger partial charge in [0.1, 0.15) is 18.1 Å². The van der Waals surface area contributed by atoms with E-state index in [1.54, 1.807) is 6.92 Å².